The molecule has 2 nitrogen and oxygen atoms in total. The zero-order chi connectivity index (χ0) is 14.4. The lowest BCUT2D eigenvalue weighted by atomic mass is 10.2. The molecule has 1 heterocycles. The van der Waals surface area contributed by atoms with Crippen LogP contribution in [0, 0.1) is 5.82 Å². The first-order valence-corrected chi connectivity index (χ1v) is 7.74. The Hall–Kier alpha value is -1.39. The molecule has 1 aromatic heterocycles. The van der Waals surface area contributed by atoms with Crippen molar-refractivity contribution in [3.8, 4) is 5.75 Å². The first-order valence-electron chi connectivity index (χ1n) is 6.80. The van der Waals surface area contributed by atoms with Gasteiger partial charge in [0.15, 0.2) is 0 Å². The van der Waals surface area contributed by atoms with Crippen molar-refractivity contribution in [2.75, 3.05) is 6.61 Å². The number of hydrogen-bond acceptors (Lipinski definition) is 3. The molecule has 0 fully saturated rings. The van der Waals surface area contributed by atoms with Crippen molar-refractivity contribution in [3.63, 3.8) is 0 Å². The summed E-state index contributed by atoms with van der Waals surface area (Å²) in [7, 11) is 0. The molecule has 4 heteroatoms. The summed E-state index contributed by atoms with van der Waals surface area (Å²) in [6.07, 6.45) is 0.847. The third kappa shape index (κ3) is 4.94. The second-order valence-corrected chi connectivity index (χ2v) is 5.84. The number of thiophene rings is 1. The van der Waals surface area contributed by atoms with Crippen LogP contribution in [0.25, 0.3) is 0 Å². The zero-order valence-electron chi connectivity index (χ0n) is 11.9. The van der Waals surface area contributed by atoms with Crippen LogP contribution in [-0.4, -0.2) is 12.6 Å². The summed E-state index contributed by atoms with van der Waals surface area (Å²) in [5.41, 5.74) is 2.16. The van der Waals surface area contributed by atoms with E-state index in [2.05, 4.69) is 30.6 Å². The summed E-state index contributed by atoms with van der Waals surface area (Å²) < 4.78 is 19.2. The number of nitrogens with one attached hydrogen (secondary N) is 1. The maximum absolute atomic E-state index is 13.5. The van der Waals surface area contributed by atoms with Gasteiger partial charge in [-0.15, -0.1) is 0 Å². The predicted octanol–water partition coefficient (Wildman–Crippen LogP) is 4.01. The summed E-state index contributed by atoms with van der Waals surface area (Å²) in [6.45, 7) is 5.35. The van der Waals surface area contributed by atoms with Crippen molar-refractivity contribution in [2.24, 2.45) is 0 Å². The average Bonchev–Trinajstić information content (AvgIpc) is 2.89. The van der Waals surface area contributed by atoms with E-state index in [0.717, 1.165) is 12.0 Å². The molecule has 20 heavy (non-hydrogen) atoms. The van der Waals surface area contributed by atoms with Gasteiger partial charge in [0.2, 0.25) is 0 Å². The third-order valence-corrected chi connectivity index (χ3v) is 3.62. The van der Waals surface area contributed by atoms with Crippen molar-refractivity contribution in [3.05, 3.63) is 52.0 Å². The fourth-order valence-electron chi connectivity index (χ4n) is 1.85. The minimum absolute atomic E-state index is 0.251. The number of rotatable bonds is 7. The van der Waals surface area contributed by atoms with Gasteiger partial charge in [0.25, 0.3) is 0 Å². The predicted molar refractivity (Wildman–Crippen MR) is 81.9 cm³/mol. The van der Waals surface area contributed by atoms with Gasteiger partial charge in [-0.2, -0.15) is 11.3 Å². The maximum Gasteiger partial charge on any atom is 0.127 e. The Bertz CT molecular complexity index is 525. The summed E-state index contributed by atoms with van der Waals surface area (Å²) in [4.78, 5) is 0. The molecule has 1 aromatic carbocycles. The molecule has 0 atom stereocenters. The van der Waals surface area contributed by atoms with Crippen LogP contribution >= 0.6 is 11.3 Å². The van der Waals surface area contributed by atoms with Gasteiger partial charge in [-0.3, -0.25) is 0 Å². The van der Waals surface area contributed by atoms with Gasteiger partial charge in [-0.1, -0.05) is 13.8 Å². The highest BCUT2D eigenvalue weighted by atomic mass is 32.1. The Balaban J connectivity index is 1.90. The average molecular weight is 293 g/mol. The Morgan fingerprint density at radius 3 is 2.80 bits per heavy atom. The minimum Gasteiger partial charge on any atom is -0.493 e. The monoisotopic (exact) mass is 293 g/mol. The summed E-state index contributed by atoms with van der Waals surface area (Å²) in [5.74, 6) is 0.347. The smallest absolute Gasteiger partial charge is 0.127 e. The Morgan fingerprint density at radius 1 is 1.25 bits per heavy atom. The van der Waals surface area contributed by atoms with Crippen LogP contribution in [0.4, 0.5) is 4.39 Å². The Labute approximate surface area is 123 Å². The summed E-state index contributed by atoms with van der Waals surface area (Å²) in [6, 6.07) is 7.33. The van der Waals surface area contributed by atoms with Gasteiger partial charge < -0.3 is 10.1 Å². The van der Waals surface area contributed by atoms with E-state index in [1.54, 1.807) is 17.4 Å². The lowest BCUT2D eigenvalue weighted by molar-refractivity contribution is 0.320. The third-order valence-electron chi connectivity index (χ3n) is 2.89. The van der Waals surface area contributed by atoms with Gasteiger partial charge in [-0.25, -0.2) is 4.39 Å². The molecule has 0 radical (unpaired) electrons. The van der Waals surface area contributed by atoms with Crippen molar-refractivity contribution in [1.29, 1.82) is 0 Å². The fourth-order valence-corrected chi connectivity index (χ4v) is 2.55. The Kier molecular flexibility index (Phi) is 5.56. The second kappa shape index (κ2) is 7.41. The topological polar surface area (TPSA) is 21.3 Å². The number of hydrogen-bond donors (Lipinski definition) is 1. The molecule has 0 amide bonds. The van der Waals surface area contributed by atoms with Crippen molar-refractivity contribution >= 4 is 11.3 Å². The SMILES string of the molecule is CC(C)NCc1cc(F)cc(OCCc2ccsc2)c1. The van der Waals surface area contributed by atoms with Crippen LogP contribution in [0.5, 0.6) is 5.75 Å². The lowest BCUT2D eigenvalue weighted by Gasteiger charge is -2.11. The minimum atomic E-state index is -0.251. The lowest BCUT2D eigenvalue weighted by Crippen LogP contribution is -2.21. The molecular formula is C16H20FNOS. The normalized spacial score (nSPS) is 11.0. The van der Waals surface area contributed by atoms with Gasteiger partial charge in [0, 0.05) is 25.1 Å². The second-order valence-electron chi connectivity index (χ2n) is 5.06. The molecule has 1 N–H and O–H groups in total. The van der Waals surface area contributed by atoms with E-state index in [4.69, 9.17) is 4.74 Å². The van der Waals surface area contributed by atoms with Gasteiger partial charge >= 0.3 is 0 Å². The molecule has 2 rings (SSSR count). The van der Waals surface area contributed by atoms with E-state index >= 15 is 0 Å². The van der Waals surface area contributed by atoms with Crippen LogP contribution in [-0.2, 0) is 13.0 Å². The van der Waals surface area contributed by atoms with Gasteiger partial charge in [0.05, 0.1) is 6.61 Å². The van der Waals surface area contributed by atoms with Gasteiger partial charge in [0.1, 0.15) is 11.6 Å². The standard InChI is InChI=1S/C16H20FNOS/c1-12(2)18-10-14-7-15(17)9-16(8-14)19-5-3-13-4-6-20-11-13/h4,6-9,11-12,18H,3,5,10H2,1-2H3. The van der Waals surface area contributed by atoms with Crippen molar-refractivity contribution < 1.29 is 9.13 Å². The number of ether oxygens (including phenoxy) is 1. The Morgan fingerprint density at radius 2 is 2.10 bits per heavy atom. The van der Waals surface area contributed by atoms with E-state index in [1.165, 1.54) is 11.6 Å². The van der Waals surface area contributed by atoms with Gasteiger partial charge in [-0.05, 0) is 40.1 Å². The molecule has 0 unspecified atom stereocenters. The van der Waals surface area contributed by atoms with Crippen LogP contribution < -0.4 is 10.1 Å². The largest absolute Gasteiger partial charge is 0.493 e. The van der Waals surface area contributed by atoms with E-state index in [1.807, 2.05) is 11.4 Å². The van der Waals surface area contributed by atoms with E-state index in [-0.39, 0.29) is 5.82 Å². The van der Waals surface area contributed by atoms with Crippen LogP contribution in [0.1, 0.15) is 25.0 Å². The van der Waals surface area contributed by atoms with E-state index in [9.17, 15) is 4.39 Å². The molecule has 0 aliphatic heterocycles. The molecule has 0 saturated carbocycles. The molecule has 0 aliphatic rings. The van der Waals surface area contributed by atoms with Crippen LogP contribution in [0.3, 0.4) is 0 Å². The molecule has 0 spiro atoms. The first-order chi connectivity index (χ1) is 9.63. The highest BCUT2D eigenvalue weighted by Gasteiger charge is 2.03. The quantitative estimate of drug-likeness (QED) is 0.833. The summed E-state index contributed by atoms with van der Waals surface area (Å²) >= 11 is 1.68. The van der Waals surface area contributed by atoms with E-state index < -0.39 is 0 Å². The molecule has 0 bridgehead atoms. The maximum atomic E-state index is 13.5. The molecular weight excluding hydrogens is 273 g/mol. The van der Waals surface area contributed by atoms with E-state index in [0.29, 0.717) is 24.9 Å². The molecule has 0 aliphatic carbocycles. The zero-order valence-corrected chi connectivity index (χ0v) is 12.7. The van der Waals surface area contributed by atoms with Crippen molar-refractivity contribution in [2.45, 2.75) is 32.9 Å². The number of halogens is 1. The number of benzene rings is 1. The molecule has 0 saturated heterocycles. The highest BCUT2D eigenvalue weighted by Crippen LogP contribution is 2.17. The van der Waals surface area contributed by atoms with Crippen molar-refractivity contribution in [1.82, 2.24) is 5.32 Å². The summed E-state index contributed by atoms with van der Waals surface area (Å²) in [5, 5.41) is 7.43. The van der Waals surface area contributed by atoms with Crippen LogP contribution in [0.2, 0.25) is 0 Å². The first kappa shape index (κ1) is 15.0. The highest BCUT2D eigenvalue weighted by molar-refractivity contribution is 7.07. The molecule has 108 valence electrons. The van der Waals surface area contributed by atoms with Crippen LogP contribution in [0.15, 0.2) is 35.0 Å². The fraction of sp³-hybridized carbons (Fsp3) is 0.375. The molecule has 2 aromatic rings.